The van der Waals surface area contributed by atoms with Gasteiger partial charge in [0.1, 0.15) is 18.2 Å². The number of rotatable bonds is 5. The van der Waals surface area contributed by atoms with Crippen molar-refractivity contribution in [2.24, 2.45) is 4.99 Å². The summed E-state index contributed by atoms with van der Waals surface area (Å²) < 4.78 is 2.71. The molecule has 9 aromatic rings. The minimum absolute atomic E-state index is 0.0644. The van der Waals surface area contributed by atoms with Crippen LogP contribution in [0.15, 0.2) is 199 Å². The molecule has 0 saturated heterocycles. The van der Waals surface area contributed by atoms with Crippen molar-refractivity contribution in [2.75, 3.05) is 4.90 Å². The Bertz CT molecular complexity index is 3270. The zero-order valence-electron chi connectivity index (χ0n) is 34.3. The van der Waals surface area contributed by atoms with Gasteiger partial charge in [-0.1, -0.05) is 176 Å². The molecule has 0 fully saturated rings. The van der Waals surface area contributed by atoms with Gasteiger partial charge >= 0.3 is 0 Å². The molecule has 2 aliphatic carbocycles. The molecular formula is C57H45N5. The van der Waals surface area contributed by atoms with Gasteiger partial charge in [0.05, 0.1) is 17.5 Å². The van der Waals surface area contributed by atoms with Crippen molar-refractivity contribution in [3.63, 3.8) is 0 Å². The molecule has 2 N–H and O–H groups in total. The predicted octanol–water partition coefficient (Wildman–Crippen LogP) is 12.4. The molecule has 3 heterocycles. The SMILES string of the molecule is C1=C2C(c3ccccc3N2C2CCc3ccc(C4NC(c5ccccc5)=NC(c5ccccc5)N4)cc3C2)C(n2c3ccccc3c3ccc4ccccc4c32)c2ccccc21. The van der Waals surface area contributed by atoms with Crippen LogP contribution in [-0.4, -0.2) is 16.4 Å². The molecule has 0 spiro atoms. The summed E-state index contributed by atoms with van der Waals surface area (Å²) in [7, 11) is 0. The van der Waals surface area contributed by atoms with Crippen molar-refractivity contribution >= 4 is 50.2 Å². The van der Waals surface area contributed by atoms with Crippen molar-refractivity contribution in [3.05, 3.63) is 238 Å². The lowest BCUT2D eigenvalue weighted by Gasteiger charge is -2.40. The van der Waals surface area contributed by atoms with E-state index >= 15 is 0 Å². The topological polar surface area (TPSA) is 44.6 Å². The van der Waals surface area contributed by atoms with Crippen LogP contribution in [-0.2, 0) is 12.8 Å². The largest absolute Gasteiger partial charge is 0.350 e. The molecule has 5 heteroatoms. The molecule has 0 saturated carbocycles. The van der Waals surface area contributed by atoms with E-state index in [-0.39, 0.29) is 24.3 Å². The number of aromatic nitrogens is 1. The Labute approximate surface area is 361 Å². The summed E-state index contributed by atoms with van der Waals surface area (Å²) >= 11 is 0. The first-order valence-corrected chi connectivity index (χ1v) is 22.2. The summed E-state index contributed by atoms with van der Waals surface area (Å²) in [5, 5.41) is 12.8. The van der Waals surface area contributed by atoms with Crippen molar-refractivity contribution < 1.29 is 0 Å². The number of nitrogens with zero attached hydrogens (tertiary/aromatic N) is 3. The Morgan fingerprint density at radius 1 is 0.581 bits per heavy atom. The van der Waals surface area contributed by atoms with Crippen molar-refractivity contribution in [2.45, 2.75) is 49.6 Å². The first kappa shape index (κ1) is 35.5. The second-order valence-electron chi connectivity index (χ2n) is 17.4. The molecule has 8 aromatic carbocycles. The highest BCUT2D eigenvalue weighted by atomic mass is 15.3. The lowest BCUT2D eigenvalue weighted by atomic mass is 9.79. The summed E-state index contributed by atoms with van der Waals surface area (Å²) in [5.41, 5.74) is 15.9. The summed E-state index contributed by atoms with van der Waals surface area (Å²) in [6.07, 6.45) is 5.38. The highest BCUT2D eigenvalue weighted by Gasteiger charge is 2.46. The zero-order valence-corrected chi connectivity index (χ0v) is 34.3. The number of para-hydroxylation sites is 2. The highest BCUT2D eigenvalue weighted by molar-refractivity contribution is 6.18. The van der Waals surface area contributed by atoms with Gasteiger partial charge in [0.15, 0.2) is 0 Å². The van der Waals surface area contributed by atoms with Gasteiger partial charge in [-0.05, 0) is 81.8 Å². The first-order valence-electron chi connectivity index (χ1n) is 22.2. The zero-order chi connectivity index (χ0) is 40.7. The number of aliphatic imine (C=N–C) groups is 1. The van der Waals surface area contributed by atoms with Crippen LogP contribution in [0.4, 0.5) is 5.69 Å². The van der Waals surface area contributed by atoms with Gasteiger partial charge in [0.2, 0.25) is 0 Å². The molecule has 62 heavy (non-hydrogen) atoms. The van der Waals surface area contributed by atoms with E-state index < -0.39 is 0 Å². The van der Waals surface area contributed by atoms with E-state index in [1.165, 1.54) is 77.3 Å². The molecule has 13 rings (SSSR count). The number of hydrogen-bond donors (Lipinski definition) is 2. The maximum atomic E-state index is 5.18. The van der Waals surface area contributed by atoms with Gasteiger partial charge in [-0.15, -0.1) is 0 Å². The van der Waals surface area contributed by atoms with Crippen LogP contribution in [0.2, 0.25) is 0 Å². The molecule has 2 aliphatic heterocycles. The van der Waals surface area contributed by atoms with Gasteiger partial charge < -0.3 is 14.8 Å². The summed E-state index contributed by atoms with van der Waals surface area (Å²) in [4.78, 5) is 7.94. The second-order valence-corrected chi connectivity index (χ2v) is 17.4. The molecular weight excluding hydrogens is 755 g/mol. The third kappa shape index (κ3) is 5.55. The monoisotopic (exact) mass is 799 g/mol. The van der Waals surface area contributed by atoms with Crippen LogP contribution in [0.5, 0.6) is 0 Å². The van der Waals surface area contributed by atoms with Crippen molar-refractivity contribution in [1.29, 1.82) is 0 Å². The van der Waals surface area contributed by atoms with Crippen LogP contribution < -0.4 is 15.5 Å². The van der Waals surface area contributed by atoms with Gasteiger partial charge in [-0.2, -0.15) is 0 Å². The normalized spacial score (nSPS) is 21.4. The minimum atomic E-state index is -0.166. The van der Waals surface area contributed by atoms with E-state index in [1.807, 2.05) is 0 Å². The number of allylic oxidation sites excluding steroid dienone is 1. The quantitative estimate of drug-likeness (QED) is 0.182. The van der Waals surface area contributed by atoms with Crippen LogP contribution in [0.3, 0.4) is 0 Å². The van der Waals surface area contributed by atoms with E-state index in [9.17, 15) is 0 Å². The summed E-state index contributed by atoms with van der Waals surface area (Å²) in [6.45, 7) is 0. The summed E-state index contributed by atoms with van der Waals surface area (Å²) in [5.74, 6) is 1.06. The van der Waals surface area contributed by atoms with Crippen LogP contribution in [0.1, 0.15) is 75.2 Å². The van der Waals surface area contributed by atoms with E-state index in [2.05, 4.69) is 214 Å². The highest BCUT2D eigenvalue weighted by Crippen LogP contribution is 2.57. The number of anilines is 1. The lowest BCUT2D eigenvalue weighted by molar-refractivity contribution is 0.408. The van der Waals surface area contributed by atoms with Gasteiger partial charge in [0, 0.05) is 44.7 Å². The average molecular weight is 800 g/mol. The van der Waals surface area contributed by atoms with Crippen LogP contribution >= 0.6 is 0 Å². The Hall–Kier alpha value is -7.21. The van der Waals surface area contributed by atoms with Gasteiger partial charge in [0.25, 0.3) is 0 Å². The first-order chi connectivity index (χ1) is 30.7. The lowest BCUT2D eigenvalue weighted by Crippen LogP contribution is -2.45. The fourth-order valence-corrected chi connectivity index (χ4v) is 11.3. The molecule has 1 aromatic heterocycles. The molecule has 5 nitrogen and oxygen atoms in total. The van der Waals surface area contributed by atoms with Crippen LogP contribution in [0.25, 0.3) is 38.7 Å². The van der Waals surface area contributed by atoms with E-state index in [0.717, 1.165) is 36.2 Å². The standard InChI is InChI=1S/C57H45N5/c1-3-16-38(17-4-1)55-58-56(39-18-5-2-6-19-39)60-57(59-55)41-28-27-36-29-31-43(34-42(36)33-41)61-50-26-14-12-24-48(50)52-51(61)35-40-20-8-10-22-45(40)54(52)62-49-25-13-11-23-46(49)47-32-30-37-15-7-9-21-44(37)53(47)62/h1-28,30,32-33,35,43,52,54-55,57,59H,29,31,34H2,(H,58,60). The number of hydrogen-bond acceptors (Lipinski definition) is 4. The van der Waals surface area contributed by atoms with Gasteiger partial charge in [-0.3, -0.25) is 5.32 Å². The number of fused-ring (bicyclic) bond motifs is 10. The van der Waals surface area contributed by atoms with E-state index in [1.54, 1.807) is 0 Å². The van der Waals surface area contributed by atoms with Crippen LogP contribution in [0, 0.1) is 0 Å². The number of benzene rings is 8. The maximum absolute atomic E-state index is 5.18. The van der Waals surface area contributed by atoms with E-state index in [0.29, 0.717) is 6.04 Å². The molecule has 0 amide bonds. The minimum Gasteiger partial charge on any atom is -0.350 e. The smallest absolute Gasteiger partial charge is 0.131 e. The van der Waals surface area contributed by atoms with Gasteiger partial charge in [-0.25, -0.2) is 4.99 Å². The van der Waals surface area contributed by atoms with Crippen molar-refractivity contribution in [1.82, 2.24) is 15.2 Å². The maximum Gasteiger partial charge on any atom is 0.131 e. The fourth-order valence-electron chi connectivity index (χ4n) is 11.3. The Balaban J connectivity index is 0.912. The number of amidine groups is 1. The molecule has 4 aliphatic rings. The predicted molar refractivity (Wildman–Crippen MR) is 255 cm³/mol. The Kier molecular flexibility index (Phi) is 8.13. The average Bonchev–Trinajstić information content (AvgIpc) is 3.86. The third-order valence-corrected chi connectivity index (χ3v) is 14.1. The Morgan fingerprint density at radius 2 is 1.32 bits per heavy atom. The Morgan fingerprint density at radius 3 is 2.21 bits per heavy atom. The molecule has 5 unspecified atom stereocenters. The summed E-state index contributed by atoms with van der Waals surface area (Å²) in [6, 6.07) is 69.7. The third-order valence-electron chi connectivity index (χ3n) is 14.1. The number of nitrogens with one attached hydrogen (secondary N) is 2. The van der Waals surface area contributed by atoms with E-state index in [4.69, 9.17) is 4.99 Å². The van der Waals surface area contributed by atoms with Crippen molar-refractivity contribution in [3.8, 4) is 0 Å². The molecule has 5 atom stereocenters. The number of aryl methyl sites for hydroxylation is 1. The fraction of sp³-hybridized carbons (Fsp3) is 0.140. The molecule has 0 radical (unpaired) electrons. The second kappa shape index (κ2) is 14.2. The molecule has 0 bridgehead atoms. The molecule has 298 valence electrons.